The average Bonchev–Trinajstić information content (AvgIpc) is 3.13. The highest BCUT2D eigenvalue weighted by Gasteiger charge is 2.17. The van der Waals surface area contributed by atoms with E-state index in [0.717, 1.165) is 16.3 Å². The predicted molar refractivity (Wildman–Crippen MR) is 129 cm³/mol. The Hall–Kier alpha value is -3.55. The number of hydrogen-bond donors (Lipinski definition) is 0. The molecule has 1 aromatic heterocycles. The molecule has 0 aliphatic heterocycles. The van der Waals surface area contributed by atoms with Crippen molar-refractivity contribution in [2.45, 2.75) is 0 Å². The van der Waals surface area contributed by atoms with Crippen LogP contribution in [0, 0.1) is 0 Å². The van der Waals surface area contributed by atoms with Gasteiger partial charge < -0.3 is 4.57 Å². The Balaban J connectivity index is 1.82. The van der Waals surface area contributed by atoms with Crippen molar-refractivity contribution in [2.24, 2.45) is 0 Å². The monoisotopic (exact) mass is 403 g/mol. The summed E-state index contributed by atoms with van der Waals surface area (Å²) >= 11 is 6.41. The molecule has 1 heterocycles. The van der Waals surface area contributed by atoms with Crippen LogP contribution in [0.2, 0.25) is 5.02 Å². The van der Waals surface area contributed by atoms with Crippen molar-refractivity contribution in [3.05, 3.63) is 114 Å². The summed E-state index contributed by atoms with van der Waals surface area (Å²) in [5.41, 5.74) is 5.89. The fourth-order valence-electron chi connectivity index (χ4n) is 4.58. The second-order valence-electron chi connectivity index (χ2n) is 7.56. The standard InChI is InChI=1S/C28H18ClN/c29-21-10-7-9-20(18-21)28-22-11-2-1-8-19(22)16-17-27(28)30-25-14-5-3-12-23(25)24-13-4-6-15-26(24)30/h1-18H. The van der Waals surface area contributed by atoms with Crippen LogP contribution >= 0.6 is 11.6 Å². The highest BCUT2D eigenvalue weighted by Crippen LogP contribution is 2.40. The zero-order chi connectivity index (χ0) is 20.1. The summed E-state index contributed by atoms with van der Waals surface area (Å²) in [6.07, 6.45) is 0. The summed E-state index contributed by atoms with van der Waals surface area (Å²) in [5.74, 6) is 0. The number of rotatable bonds is 2. The maximum atomic E-state index is 6.41. The van der Waals surface area contributed by atoms with Gasteiger partial charge in [0.05, 0.1) is 16.7 Å². The second-order valence-corrected chi connectivity index (χ2v) is 8.00. The van der Waals surface area contributed by atoms with Crippen LogP contribution in [0.4, 0.5) is 0 Å². The van der Waals surface area contributed by atoms with Gasteiger partial charge in [-0.3, -0.25) is 0 Å². The summed E-state index contributed by atoms with van der Waals surface area (Å²) in [5, 5.41) is 5.71. The number of nitrogens with zero attached hydrogens (tertiary/aromatic N) is 1. The molecule has 0 fully saturated rings. The smallest absolute Gasteiger partial charge is 0.0547 e. The molecular formula is C28H18ClN. The molecule has 0 atom stereocenters. The van der Waals surface area contributed by atoms with Crippen molar-refractivity contribution >= 4 is 44.2 Å². The van der Waals surface area contributed by atoms with Crippen LogP contribution in [0.1, 0.15) is 0 Å². The van der Waals surface area contributed by atoms with E-state index in [-0.39, 0.29) is 0 Å². The Morgan fingerprint density at radius 3 is 1.87 bits per heavy atom. The minimum absolute atomic E-state index is 0.744. The number of benzene rings is 5. The second kappa shape index (κ2) is 6.76. The zero-order valence-corrected chi connectivity index (χ0v) is 17.0. The SMILES string of the molecule is Clc1cccc(-c2c(-n3c4ccccc4c4ccccc43)ccc3ccccc23)c1. The lowest BCUT2D eigenvalue weighted by Gasteiger charge is -2.17. The first kappa shape index (κ1) is 17.3. The number of fused-ring (bicyclic) bond motifs is 4. The normalized spacial score (nSPS) is 11.5. The van der Waals surface area contributed by atoms with Gasteiger partial charge in [0, 0.05) is 21.4 Å². The zero-order valence-electron chi connectivity index (χ0n) is 16.2. The number of hydrogen-bond acceptors (Lipinski definition) is 0. The third-order valence-electron chi connectivity index (χ3n) is 5.84. The molecule has 0 aliphatic carbocycles. The van der Waals surface area contributed by atoms with E-state index in [1.165, 1.54) is 38.1 Å². The Morgan fingerprint density at radius 1 is 0.533 bits per heavy atom. The highest BCUT2D eigenvalue weighted by atomic mass is 35.5. The summed E-state index contributed by atoms with van der Waals surface area (Å²) < 4.78 is 2.38. The molecule has 0 bridgehead atoms. The summed E-state index contributed by atoms with van der Waals surface area (Å²) in [6.45, 7) is 0. The molecule has 0 saturated heterocycles. The molecule has 0 amide bonds. The largest absolute Gasteiger partial charge is 0.309 e. The van der Waals surface area contributed by atoms with Gasteiger partial charge in [0.2, 0.25) is 0 Å². The Labute approximate surface area is 179 Å². The molecule has 2 heteroatoms. The molecule has 0 N–H and O–H groups in total. The van der Waals surface area contributed by atoms with Crippen molar-refractivity contribution in [1.29, 1.82) is 0 Å². The first-order chi connectivity index (χ1) is 14.8. The Morgan fingerprint density at radius 2 is 1.17 bits per heavy atom. The molecule has 0 saturated carbocycles. The van der Waals surface area contributed by atoms with E-state index in [1.54, 1.807) is 0 Å². The third kappa shape index (κ3) is 2.56. The van der Waals surface area contributed by atoms with Crippen LogP contribution in [0.15, 0.2) is 109 Å². The Bertz CT molecular complexity index is 1500. The van der Waals surface area contributed by atoms with Gasteiger partial charge in [-0.05, 0) is 46.7 Å². The minimum atomic E-state index is 0.744. The Kier molecular flexibility index (Phi) is 3.90. The molecule has 0 unspecified atom stereocenters. The molecule has 30 heavy (non-hydrogen) atoms. The molecule has 0 aliphatic rings. The summed E-state index contributed by atoms with van der Waals surface area (Å²) in [4.78, 5) is 0. The molecule has 0 spiro atoms. The maximum absolute atomic E-state index is 6.41. The van der Waals surface area contributed by atoms with Crippen LogP contribution in [-0.4, -0.2) is 4.57 Å². The van der Waals surface area contributed by atoms with E-state index >= 15 is 0 Å². The maximum Gasteiger partial charge on any atom is 0.0547 e. The van der Waals surface area contributed by atoms with E-state index in [0.29, 0.717) is 0 Å². The summed E-state index contributed by atoms with van der Waals surface area (Å²) in [6, 6.07) is 38.4. The van der Waals surface area contributed by atoms with Crippen LogP contribution in [0.25, 0.3) is 49.4 Å². The van der Waals surface area contributed by atoms with Crippen molar-refractivity contribution in [3.8, 4) is 16.8 Å². The van der Waals surface area contributed by atoms with E-state index in [9.17, 15) is 0 Å². The first-order valence-electron chi connectivity index (χ1n) is 10.1. The molecule has 5 aromatic carbocycles. The number of halogens is 1. The van der Waals surface area contributed by atoms with Gasteiger partial charge in [-0.1, -0.05) is 90.5 Å². The lowest BCUT2D eigenvalue weighted by atomic mass is 9.96. The van der Waals surface area contributed by atoms with Crippen LogP contribution in [0.3, 0.4) is 0 Å². The molecular weight excluding hydrogens is 386 g/mol. The molecule has 142 valence electrons. The molecule has 0 radical (unpaired) electrons. The fraction of sp³-hybridized carbons (Fsp3) is 0. The first-order valence-corrected chi connectivity index (χ1v) is 10.5. The number of aromatic nitrogens is 1. The van der Waals surface area contributed by atoms with Crippen molar-refractivity contribution in [3.63, 3.8) is 0 Å². The number of para-hydroxylation sites is 2. The van der Waals surface area contributed by atoms with Crippen molar-refractivity contribution in [1.82, 2.24) is 4.57 Å². The van der Waals surface area contributed by atoms with Gasteiger partial charge in [0.25, 0.3) is 0 Å². The van der Waals surface area contributed by atoms with Crippen LogP contribution in [0.5, 0.6) is 0 Å². The highest BCUT2D eigenvalue weighted by molar-refractivity contribution is 6.31. The van der Waals surface area contributed by atoms with E-state index in [4.69, 9.17) is 11.6 Å². The van der Waals surface area contributed by atoms with Gasteiger partial charge >= 0.3 is 0 Å². The fourth-order valence-corrected chi connectivity index (χ4v) is 4.77. The summed E-state index contributed by atoms with van der Waals surface area (Å²) in [7, 11) is 0. The van der Waals surface area contributed by atoms with Gasteiger partial charge in [-0.25, -0.2) is 0 Å². The van der Waals surface area contributed by atoms with Gasteiger partial charge in [-0.2, -0.15) is 0 Å². The minimum Gasteiger partial charge on any atom is -0.309 e. The van der Waals surface area contributed by atoms with Crippen LogP contribution in [-0.2, 0) is 0 Å². The average molecular weight is 404 g/mol. The molecule has 6 rings (SSSR count). The van der Waals surface area contributed by atoms with Gasteiger partial charge in [-0.15, -0.1) is 0 Å². The van der Waals surface area contributed by atoms with E-state index in [2.05, 4.69) is 102 Å². The van der Waals surface area contributed by atoms with Gasteiger partial charge in [0.1, 0.15) is 0 Å². The topological polar surface area (TPSA) is 4.93 Å². The van der Waals surface area contributed by atoms with E-state index < -0.39 is 0 Å². The quantitative estimate of drug-likeness (QED) is 0.274. The molecule has 1 nitrogen and oxygen atoms in total. The third-order valence-corrected chi connectivity index (χ3v) is 6.08. The van der Waals surface area contributed by atoms with Crippen LogP contribution < -0.4 is 0 Å². The molecule has 6 aromatic rings. The predicted octanol–water partition coefficient (Wildman–Crippen LogP) is 8.26. The van der Waals surface area contributed by atoms with Gasteiger partial charge in [0.15, 0.2) is 0 Å². The van der Waals surface area contributed by atoms with Crippen molar-refractivity contribution in [2.75, 3.05) is 0 Å². The lowest BCUT2D eigenvalue weighted by molar-refractivity contribution is 1.19. The van der Waals surface area contributed by atoms with Crippen molar-refractivity contribution < 1.29 is 0 Å². The lowest BCUT2D eigenvalue weighted by Crippen LogP contribution is -1.98. The van der Waals surface area contributed by atoms with E-state index in [1.807, 2.05) is 12.1 Å².